The topological polar surface area (TPSA) is 51.2 Å². The molecule has 0 unspecified atom stereocenters. The van der Waals surface area contributed by atoms with Crippen molar-refractivity contribution in [1.29, 1.82) is 0 Å². The fraction of sp³-hybridized carbons (Fsp3) is 0.188. The van der Waals surface area contributed by atoms with Crippen molar-refractivity contribution in [3.05, 3.63) is 51.4 Å². The van der Waals surface area contributed by atoms with Crippen LogP contribution < -0.4 is 0 Å². The largest absolute Gasteiger partial charge is 0.280 e. The van der Waals surface area contributed by atoms with Gasteiger partial charge in [-0.1, -0.05) is 23.8 Å². The van der Waals surface area contributed by atoms with Gasteiger partial charge in [-0.2, -0.15) is 0 Å². The molecule has 2 aromatic rings. The van der Waals surface area contributed by atoms with Crippen LogP contribution in [0, 0.1) is 0 Å². The predicted molar refractivity (Wildman–Crippen MR) is 96.4 cm³/mol. The molecule has 0 saturated heterocycles. The Hall–Kier alpha value is -1.08. The summed E-state index contributed by atoms with van der Waals surface area (Å²) in [5.41, 5.74) is 1.54. The van der Waals surface area contributed by atoms with Crippen molar-refractivity contribution in [3.8, 4) is 0 Å². The number of hydrogen-bond donors (Lipinski definition) is 0. The van der Waals surface area contributed by atoms with Gasteiger partial charge in [0.1, 0.15) is 4.21 Å². The second-order valence-corrected chi connectivity index (χ2v) is 9.88. The monoisotopic (exact) mass is 384 g/mol. The SMILES string of the molecule is CS(=O)(=O)c1sc(C(=O)Sc2ccc(Cl)cc2)c2c1C=CCC2. The number of benzene rings is 1. The van der Waals surface area contributed by atoms with Crippen molar-refractivity contribution in [2.45, 2.75) is 21.9 Å². The lowest BCUT2D eigenvalue weighted by atomic mass is 10.0. The fourth-order valence-electron chi connectivity index (χ4n) is 2.40. The standard InChI is InChI=1S/C16H13ClO3S3/c1-23(19,20)16-13-5-3-2-4-12(13)14(22-16)15(18)21-11-8-6-10(17)7-9-11/h3,5-9H,2,4H2,1H3. The van der Waals surface area contributed by atoms with E-state index in [1.54, 1.807) is 24.3 Å². The minimum Gasteiger partial charge on any atom is -0.280 e. The maximum absolute atomic E-state index is 12.6. The lowest BCUT2D eigenvalue weighted by molar-refractivity contribution is 0.109. The molecule has 0 radical (unpaired) electrons. The lowest BCUT2D eigenvalue weighted by Crippen LogP contribution is -2.01. The summed E-state index contributed by atoms with van der Waals surface area (Å²) < 4.78 is 24.2. The van der Waals surface area contributed by atoms with Gasteiger partial charge >= 0.3 is 0 Å². The third-order valence-corrected chi connectivity index (χ3v) is 7.78. The first-order valence-electron chi connectivity index (χ1n) is 6.86. The molecule has 0 atom stereocenters. The molecule has 1 aliphatic rings. The molecule has 3 nitrogen and oxygen atoms in total. The summed E-state index contributed by atoms with van der Waals surface area (Å²) in [5.74, 6) is 0. The van der Waals surface area contributed by atoms with Crippen LogP contribution >= 0.6 is 34.7 Å². The summed E-state index contributed by atoms with van der Waals surface area (Å²) in [7, 11) is -3.35. The van der Waals surface area contributed by atoms with Gasteiger partial charge < -0.3 is 0 Å². The number of sulfone groups is 1. The van der Waals surface area contributed by atoms with Gasteiger partial charge in [-0.05, 0) is 54.4 Å². The highest BCUT2D eigenvalue weighted by atomic mass is 35.5. The van der Waals surface area contributed by atoms with Crippen molar-refractivity contribution < 1.29 is 13.2 Å². The smallest absolute Gasteiger partial charge is 0.234 e. The highest BCUT2D eigenvalue weighted by molar-refractivity contribution is 8.14. The zero-order valence-electron chi connectivity index (χ0n) is 12.2. The van der Waals surface area contributed by atoms with Crippen molar-refractivity contribution in [3.63, 3.8) is 0 Å². The van der Waals surface area contributed by atoms with Gasteiger partial charge in [0.25, 0.3) is 0 Å². The molecule has 0 N–H and O–H groups in total. The van der Waals surface area contributed by atoms with E-state index < -0.39 is 9.84 Å². The number of hydrogen-bond acceptors (Lipinski definition) is 5. The second kappa shape index (κ2) is 6.43. The highest BCUT2D eigenvalue weighted by Gasteiger charge is 2.27. The maximum Gasteiger partial charge on any atom is 0.234 e. The van der Waals surface area contributed by atoms with Crippen LogP contribution in [0.1, 0.15) is 27.2 Å². The van der Waals surface area contributed by atoms with Crippen LogP contribution in [0.4, 0.5) is 0 Å². The minimum absolute atomic E-state index is 0.126. The number of thioether (sulfide) groups is 1. The van der Waals surface area contributed by atoms with Gasteiger partial charge in [0.2, 0.25) is 5.12 Å². The molecule has 0 aliphatic heterocycles. The molecule has 0 fully saturated rings. The average molecular weight is 385 g/mol. The number of rotatable bonds is 3. The number of carbonyl (C=O) groups is 1. The Bertz CT molecular complexity index is 893. The van der Waals surface area contributed by atoms with E-state index in [1.807, 2.05) is 12.2 Å². The summed E-state index contributed by atoms with van der Waals surface area (Å²) >= 11 is 8.02. The molecule has 7 heteroatoms. The van der Waals surface area contributed by atoms with Gasteiger partial charge in [-0.3, -0.25) is 4.79 Å². The van der Waals surface area contributed by atoms with Crippen LogP contribution in [-0.2, 0) is 16.3 Å². The molecule has 23 heavy (non-hydrogen) atoms. The molecule has 1 aromatic carbocycles. The van der Waals surface area contributed by atoms with Crippen LogP contribution in [0.5, 0.6) is 0 Å². The molecule has 0 bridgehead atoms. The average Bonchev–Trinajstić information content (AvgIpc) is 2.89. The molecule has 0 amide bonds. The molecule has 1 heterocycles. The van der Waals surface area contributed by atoms with Crippen molar-refractivity contribution in [1.82, 2.24) is 0 Å². The number of allylic oxidation sites excluding steroid dienone is 1. The Morgan fingerprint density at radius 3 is 2.61 bits per heavy atom. The first-order valence-corrected chi connectivity index (χ1v) is 10.8. The summed E-state index contributed by atoms with van der Waals surface area (Å²) in [6.07, 6.45) is 6.46. The predicted octanol–water partition coefficient (Wildman–Crippen LogP) is 4.70. The third-order valence-electron chi connectivity index (χ3n) is 3.41. The minimum atomic E-state index is -3.35. The first-order chi connectivity index (χ1) is 10.9. The molecule has 1 aliphatic carbocycles. The van der Waals surface area contributed by atoms with Gasteiger partial charge in [0, 0.05) is 21.7 Å². The van der Waals surface area contributed by atoms with E-state index in [0.717, 1.165) is 40.0 Å². The third kappa shape index (κ3) is 3.55. The van der Waals surface area contributed by atoms with E-state index in [2.05, 4.69) is 0 Å². The van der Waals surface area contributed by atoms with Gasteiger partial charge in [0.05, 0.1) is 4.88 Å². The first kappa shape index (κ1) is 16.8. The summed E-state index contributed by atoms with van der Waals surface area (Å²) in [5, 5.41) is 0.485. The summed E-state index contributed by atoms with van der Waals surface area (Å²) in [6, 6.07) is 7.02. The fourth-order valence-corrected chi connectivity index (χ4v) is 5.83. The molecule has 3 rings (SSSR count). The molecule has 0 spiro atoms. The van der Waals surface area contributed by atoms with Crippen LogP contribution in [0.2, 0.25) is 5.02 Å². The Morgan fingerprint density at radius 1 is 1.26 bits per heavy atom. The highest BCUT2D eigenvalue weighted by Crippen LogP contribution is 2.39. The van der Waals surface area contributed by atoms with Crippen LogP contribution in [-0.4, -0.2) is 19.8 Å². The van der Waals surface area contributed by atoms with E-state index in [0.29, 0.717) is 21.9 Å². The van der Waals surface area contributed by atoms with E-state index in [1.165, 1.54) is 6.26 Å². The van der Waals surface area contributed by atoms with Crippen LogP contribution in [0.15, 0.2) is 39.4 Å². The van der Waals surface area contributed by atoms with Crippen molar-refractivity contribution in [2.24, 2.45) is 0 Å². The van der Waals surface area contributed by atoms with Crippen LogP contribution in [0.3, 0.4) is 0 Å². The maximum atomic E-state index is 12.6. The quantitative estimate of drug-likeness (QED) is 0.720. The van der Waals surface area contributed by atoms with Gasteiger partial charge in [-0.15, -0.1) is 11.3 Å². The molecule has 120 valence electrons. The number of halogens is 1. The molecule has 1 aromatic heterocycles. The van der Waals surface area contributed by atoms with E-state index >= 15 is 0 Å². The molecule has 0 saturated carbocycles. The summed E-state index contributed by atoms with van der Waals surface area (Å²) in [6.45, 7) is 0. The van der Waals surface area contributed by atoms with Crippen molar-refractivity contribution >= 4 is 55.7 Å². The number of thiophene rings is 1. The Kier molecular flexibility index (Phi) is 4.69. The lowest BCUT2D eigenvalue weighted by Gasteiger charge is -2.08. The zero-order valence-corrected chi connectivity index (χ0v) is 15.4. The van der Waals surface area contributed by atoms with Crippen LogP contribution in [0.25, 0.3) is 6.08 Å². The van der Waals surface area contributed by atoms with E-state index in [-0.39, 0.29) is 9.32 Å². The Morgan fingerprint density at radius 2 is 1.96 bits per heavy atom. The van der Waals surface area contributed by atoms with E-state index in [9.17, 15) is 13.2 Å². The Balaban J connectivity index is 1.99. The molecular weight excluding hydrogens is 372 g/mol. The normalized spacial score (nSPS) is 13.8. The van der Waals surface area contributed by atoms with E-state index in [4.69, 9.17) is 11.6 Å². The second-order valence-electron chi connectivity index (χ2n) is 5.17. The number of fused-ring (bicyclic) bond motifs is 1. The summed E-state index contributed by atoms with van der Waals surface area (Å²) in [4.78, 5) is 14.0. The molecular formula is C16H13ClO3S3. The van der Waals surface area contributed by atoms with Crippen molar-refractivity contribution in [2.75, 3.05) is 6.26 Å². The van der Waals surface area contributed by atoms with Gasteiger partial charge in [0.15, 0.2) is 9.84 Å². The Labute approximate surface area is 148 Å². The zero-order chi connectivity index (χ0) is 16.6. The van der Waals surface area contributed by atoms with Gasteiger partial charge in [-0.25, -0.2) is 8.42 Å². The number of carbonyl (C=O) groups excluding carboxylic acids is 1.